The van der Waals surface area contributed by atoms with Crippen molar-refractivity contribution >= 4 is 23.1 Å². The van der Waals surface area contributed by atoms with Crippen molar-refractivity contribution in [3.05, 3.63) is 33.1 Å². The third-order valence-electron chi connectivity index (χ3n) is 4.99. The second kappa shape index (κ2) is 6.69. The summed E-state index contributed by atoms with van der Waals surface area (Å²) in [6.45, 7) is 3.85. The van der Waals surface area contributed by atoms with E-state index in [1.165, 1.54) is 16.9 Å². The smallest absolute Gasteiger partial charge is 0.266 e. The first-order valence-corrected chi connectivity index (χ1v) is 9.56. The van der Waals surface area contributed by atoms with Gasteiger partial charge in [-0.05, 0) is 49.7 Å². The minimum Gasteiger partial charge on any atom is -0.381 e. The van der Waals surface area contributed by atoms with E-state index in [1.807, 2.05) is 6.07 Å². The van der Waals surface area contributed by atoms with E-state index < -0.39 is 0 Å². The van der Waals surface area contributed by atoms with Crippen LogP contribution in [0.25, 0.3) is 0 Å². The zero-order valence-electron chi connectivity index (χ0n) is 13.9. The number of hydrogen-bond acceptors (Lipinski definition) is 4. The predicted molar refractivity (Wildman–Crippen MR) is 94.8 cm³/mol. The zero-order valence-corrected chi connectivity index (χ0v) is 14.7. The fourth-order valence-electron chi connectivity index (χ4n) is 3.59. The maximum Gasteiger partial charge on any atom is 0.266 e. The van der Waals surface area contributed by atoms with E-state index >= 15 is 0 Å². The number of amides is 1. The minimum absolute atomic E-state index is 0.0556. The summed E-state index contributed by atoms with van der Waals surface area (Å²) >= 11 is 1.63. The number of thiophene rings is 1. The molecule has 128 valence electrons. The molecule has 0 saturated carbocycles. The molecule has 3 heterocycles. The summed E-state index contributed by atoms with van der Waals surface area (Å²) in [7, 11) is 0. The molecule has 0 radical (unpaired) electrons. The van der Waals surface area contributed by atoms with E-state index in [4.69, 9.17) is 4.74 Å². The molecular formula is C18H23N3O2S. The summed E-state index contributed by atoms with van der Waals surface area (Å²) in [6.07, 6.45) is 5.59. The maximum atomic E-state index is 12.5. The number of H-pyrrole nitrogens is 1. The summed E-state index contributed by atoms with van der Waals surface area (Å²) in [5, 5.41) is 10.2. The molecule has 1 fully saturated rings. The van der Waals surface area contributed by atoms with Crippen molar-refractivity contribution in [2.45, 2.75) is 44.9 Å². The first kappa shape index (κ1) is 15.8. The van der Waals surface area contributed by atoms with Gasteiger partial charge in [-0.25, -0.2) is 0 Å². The molecule has 1 amide bonds. The fourth-order valence-corrected chi connectivity index (χ4v) is 4.70. The number of carbonyl (C=O) groups is 1. The summed E-state index contributed by atoms with van der Waals surface area (Å²) < 4.78 is 5.52. The van der Waals surface area contributed by atoms with Crippen LogP contribution in [0.4, 0.5) is 5.82 Å². The van der Waals surface area contributed by atoms with Gasteiger partial charge in [0.1, 0.15) is 0 Å². The second-order valence-electron chi connectivity index (χ2n) is 6.98. The number of aromatic amines is 1. The Morgan fingerprint density at radius 1 is 1.42 bits per heavy atom. The van der Waals surface area contributed by atoms with Crippen molar-refractivity contribution in [1.82, 2.24) is 10.2 Å². The normalized spacial score (nSPS) is 23.7. The lowest BCUT2D eigenvalue weighted by atomic mass is 9.90. The summed E-state index contributed by atoms with van der Waals surface area (Å²) in [5.41, 5.74) is 2.40. The molecular weight excluding hydrogens is 322 g/mol. The van der Waals surface area contributed by atoms with Crippen LogP contribution in [-0.2, 0) is 17.6 Å². The minimum atomic E-state index is -0.0556. The van der Waals surface area contributed by atoms with Crippen LogP contribution >= 0.6 is 11.3 Å². The summed E-state index contributed by atoms with van der Waals surface area (Å²) in [6, 6.07) is 4.00. The van der Waals surface area contributed by atoms with Gasteiger partial charge in [0, 0.05) is 29.2 Å². The molecule has 2 aromatic heterocycles. The van der Waals surface area contributed by atoms with Crippen LogP contribution in [0.2, 0.25) is 0 Å². The molecule has 5 nitrogen and oxygen atoms in total. The highest BCUT2D eigenvalue weighted by Gasteiger charge is 2.22. The standard InChI is InChI=1S/C18H23N3O2S/c1-11-4-5-15-13(7-11)8-16(24-15)18(22)19-17-9-14(20-21-17)12-3-2-6-23-10-12/h8-9,11-12H,2-7,10H2,1H3,(H2,19,20,21,22). The van der Waals surface area contributed by atoms with E-state index in [9.17, 15) is 4.79 Å². The number of fused-ring (bicyclic) bond motifs is 1. The topological polar surface area (TPSA) is 67.0 Å². The van der Waals surface area contributed by atoms with Crippen LogP contribution in [0.5, 0.6) is 0 Å². The van der Waals surface area contributed by atoms with Gasteiger partial charge < -0.3 is 10.1 Å². The van der Waals surface area contributed by atoms with Crippen LogP contribution in [-0.4, -0.2) is 29.3 Å². The van der Waals surface area contributed by atoms with Crippen LogP contribution in [0.3, 0.4) is 0 Å². The molecule has 2 atom stereocenters. The molecule has 1 aliphatic carbocycles. The van der Waals surface area contributed by atoms with E-state index in [1.54, 1.807) is 11.3 Å². The lowest BCUT2D eigenvalue weighted by Crippen LogP contribution is -2.15. The Morgan fingerprint density at radius 2 is 2.33 bits per heavy atom. The largest absolute Gasteiger partial charge is 0.381 e. The van der Waals surface area contributed by atoms with Gasteiger partial charge in [-0.3, -0.25) is 9.89 Å². The molecule has 2 aliphatic rings. The molecule has 1 aliphatic heterocycles. The average molecular weight is 345 g/mol. The first-order valence-electron chi connectivity index (χ1n) is 8.75. The number of nitrogens with one attached hydrogen (secondary N) is 2. The van der Waals surface area contributed by atoms with Gasteiger partial charge >= 0.3 is 0 Å². The number of nitrogens with zero attached hydrogens (tertiary/aromatic N) is 1. The molecule has 2 N–H and O–H groups in total. The molecule has 0 bridgehead atoms. The molecule has 1 saturated heterocycles. The van der Waals surface area contributed by atoms with Gasteiger partial charge in [0.25, 0.3) is 5.91 Å². The highest BCUT2D eigenvalue weighted by Crippen LogP contribution is 2.32. The summed E-state index contributed by atoms with van der Waals surface area (Å²) in [5.74, 6) is 1.61. The van der Waals surface area contributed by atoms with Crippen LogP contribution in [0, 0.1) is 5.92 Å². The van der Waals surface area contributed by atoms with Crippen LogP contribution in [0.15, 0.2) is 12.1 Å². The van der Waals surface area contributed by atoms with E-state index in [2.05, 4.69) is 28.5 Å². The third kappa shape index (κ3) is 3.26. The van der Waals surface area contributed by atoms with Gasteiger partial charge in [0.2, 0.25) is 0 Å². The molecule has 4 rings (SSSR count). The molecule has 2 aromatic rings. The van der Waals surface area contributed by atoms with Gasteiger partial charge in [-0.2, -0.15) is 5.10 Å². The van der Waals surface area contributed by atoms with Crippen LogP contribution in [0.1, 0.15) is 57.9 Å². The summed E-state index contributed by atoms with van der Waals surface area (Å²) in [4.78, 5) is 14.7. The monoisotopic (exact) mass is 345 g/mol. The average Bonchev–Trinajstić information content (AvgIpc) is 3.22. The number of anilines is 1. The SMILES string of the molecule is CC1CCc2sc(C(=O)Nc3cc(C4CCCOC4)[nH]n3)cc2C1. The van der Waals surface area contributed by atoms with Crippen LogP contribution < -0.4 is 5.32 Å². The van der Waals surface area contributed by atoms with Gasteiger partial charge in [0.15, 0.2) is 5.82 Å². The Bertz CT molecular complexity index is 730. The Labute approximate surface area is 145 Å². The van der Waals surface area contributed by atoms with Crippen molar-refractivity contribution in [2.24, 2.45) is 5.92 Å². The molecule has 0 aromatic carbocycles. The predicted octanol–water partition coefficient (Wildman–Crippen LogP) is 3.74. The third-order valence-corrected chi connectivity index (χ3v) is 6.23. The number of ether oxygens (including phenoxy) is 1. The van der Waals surface area contributed by atoms with E-state index in [-0.39, 0.29) is 5.91 Å². The van der Waals surface area contributed by atoms with Gasteiger partial charge in [0.05, 0.1) is 11.5 Å². The Balaban J connectivity index is 1.44. The Kier molecular flexibility index (Phi) is 4.41. The number of carbonyl (C=O) groups excluding carboxylic acids is 1. The number of aromatic nitrogens is 2. The van der Waals surface area contributed by atoms with Crippen molar-refractivity contribution in [3.8, 4) is 0 Å². The fraction of sp³-hybridized carbons (Fsp3) is 0.556. The maximum absolute atomic E-state index is 12.5. The second-order valence-corrected chi connectivity index (χ2v) is 8.12. The quantitative estimate of drug-likeness (QED) is 0.890. The van der Waals surface area contributed by atoms with Crippen molar-refractivity contribution in [3.63, 3.8) is 0 Å². The Morgan fingerprint density at radius 3 is 3.17 bits per heavy atom. The lowest BCUT2D eigenvalue weighted by Gasteiger charge is -2.20. The molecule has 6 heteroatoms. The highest BCUT2D eigenvalue weighted by atomic mass is 32.1. The molecule has 2 unspecified atom stereocenters. The van der Waals surface area contributed by atoms with Crippen molar-refractivity contribution < 1.29 is 9.53 Å². The Hall–Kier alpha value is -1.66. The van der Waals surface area contributed by atoms with Crippen molar-refractivity contribution in [1.29, 1.82) is 0 Å². The number of rotatable bonds is 3. The number of hydrogen-bond donors (Lipinski definition) is 2. The lowest BCUT2D eigenvalue weighted by molar-refractivity contribution is 0.0793. The first-order chi connectivity index (χ1) is 11.7. The number of aryl methyl sites for hydroxylation is 1. The van der Waals surface area contributed by atoms with Gasteiger partial charge in [-0.15, -0.1) is 11.3 Å². The van der Waals surface area contributed by atoms with Crippen molar-refractivity contribution in [2.75, 3.05) is 18.5 Å². The van der Waals surface area contributed by atoms with Gasteiger partial charge in [-0.1, -0.05) is 6.92 Å². The van der Waals surface area contributed by atoms with E-state index in [0.29, 0.717) is 11.7 Å². The highest BCUT2D eigenvalue weighted by molar-refractivity contribution is 7.14. The molecule has 0 spiro atoms. The zero-order chi connectivity index (χ0) is 16.5. The molecule has 24 heavy (non-hydrogen) atoms. The van der Waals surface area contributed by atoms with E-state index in [0.717, 1.165) is 55.4 Å².